The smallest absolute Gasteiger partial charge is 0.164 e. The third-order valence-corrected chi connectivity index (χ3v) is 3.64. The minimum Gasteiger partial charge on any atom is -0.311 e. The predicted octanol–water partition coefficient (Wildman–Crippen LogP) is 3.24. The maximum atomic E-state index is 13.4. The number of halogens is 1. The third kappa shape index (κ3) is 3.16. The quantitative estimate of drug-likeness (QED) is 0.833. The van der Waals surface area contributed by atoms with Crippen molar-refractivity contribution in [3.05, 3.63) is 35.1 Å². The first kappa shape index (κ1) is 13.2. The number of benzene rings is 1. The molecule has 0 aromatic heterocycles. The summed E-state index contributed by atoms with van der Waals surface area (Å²) in [6.45, 7) is 3.84. The van der Waals surface area contributed by atoms with Crippen molar-refractivity contribution in [3.8, 4) is 0 Å². The molecule has 0 amide bonds. The second-order valence-electron chi connectivity index (χ2n) is 5.29. The first-order valence-corrected chi connectivity index (χ1v) is 6.61. The van der Waals surface area contributed by atoms with Gasteiger partial charge in [0, 0.05) is 24.1 Å². The van der Waals surface area contributed by atoms with Crippen LogP contribution in [0.3, 0.4) is 0 Å². The standard InChI is InChI=1S/C15H20FNO/c1-10-6-7-12(8-14(10)16)15(18)9-13-5-3-4-11(2)17-13/h6-8,11,13,17H,3-5,9H2,1-2H3. The van der Waals surface area contributed by atoms with Gasteiger partial charge in [0.1, 0.15) is 5.82 Å². The molecule has 18 heavy (non-hydrogen) atoms. The number of nitrogens with one attached hydrogen (secondary N) is 1. The normalized spacial score (nSPS) is 23.9. The molecule has 2 atom stereocenters. The van der Waals surface area contributed by atoms with Gasteiger partial charge >= 0.3 is 0 Å². The van der Waals surface area contributed by atoms with Gasteiger partial charge in [0.2, 0.25) is 0 Å². The Labute approximate surface area is 108 Å². The zero-order chi connectivity index (χ0) is 13.1. The predicted molar refractivity (Wildman–Crippen MR) is 70.3 cm³/mol. The summed E-state index contributed by atoms with van der Waals surface area (Å²) in [6, 6.07) is 5.45. The molecule has 1 saturated heterocycles. The van der Waals surface area contributed by atoms with Crippen LogP contribution in [0.5, 0.6) is 0 Å². The molecule has 2 rings (SSSR count). The van der Waals surface area contributed by atoms with E-state index in [0.29, 0.717) is 23.6 Å². The van der Waals surface area contributed by atoms with Gasteiger partial charge in [0.25, 0.3) is 0 Å². The van der Waals surface area contributed by atoms with Gasteiger partial charge in [-0.25, -0.2) is 4.39 Å². The Morgan fingerprint density at radius 3 is 2.89 bits per heavy atom. The molecule has 1 aliphatic rings. The summed E-state index contributed by atoms with van der Waals surface area (Å²) in [5, 5.41) is 3.43. The van der Waals surface area contributed by atoms with E-state index in [9.17, 15) is 9.18 Å². The molecule has 1 aromatic carbocycles. The van der Waals surface area contributed by atoms with Crippen LogP contribution in [-0.2, 0) is 0 Å². The average Bonchev–Trinajstić information content (AvgIpc) is 2.32. The van der Waals surface area contributed by atoms with Crippen molar-refractivity contribution in [1.82, 2.24) is 5.32 Å². The summed E-state index contributed by atoms with van der Waals surface area (Å²) in [5.74, 6) is -0.272. The van der Waals surface area contributed by atoms with Gasteiger partial charge < -0.3 is 5.32 Å². The van der Waals surface area contributed by atoms with E-state index in [1.54, 1.807) is 19.1 Å². The van der Waals surface area contributed by atoms with Crippen molar-refractivity contribution in [1.29, 1.82) is 0 Å². The number of aryl methyl sites for hydroxylation is 1. The molecule has 1 heterocycles. The van der Waals surface area contributed by atoms with Crippen molar-refractivity contribution in [3.63, 3.8) is 0 Å². The number of carbonyl (C=O) groups is 1. The summed E-state index contributed by atoms with van der Waals surface area (Å²) in [4.78, 5) is 12.1. The Kier molecular flexibility index (Phi) is 4.12. The lowest BCUT2D eigenvalue weighted by molar-refractivity contribution is 0.0959. The highest BCUT2D eigenvalue weighted by atomic mass is 19.1. The first-order chi connectivity index (χ1) is 8.56. The van der Waals surface area contributed by atoms with Crippen molar-refractivity contribution >= 4 is 5.78 Å². The van der Waals surface area contributed by atoms with E-state index in [0.717, 1.165) is 12.8 Å². The Hall–Kier alpha value is -1.22. The van der Waals surface area contributed by atoms with Crippen LogP contribution in [0.4, 0.5) is 4.39 Å². The van der Waals surface area contributed by atoms with E-state index in [1.807, 2.05) is 0 Å². The minimum atomic E-state index is -0.300. The van der Waals surface area contributed by atoms with Crippen LogP contribution in [0.2, 0.25) is 0 Å². The zero-order valence-electron chi connectivity index (χ0n) is 11.0. The van der Waals surface area contributed by atoms with E-state index in [-0.39, 0.29) is 17.6 Å². The van der Waals surface area contributed by atoms with Crippen molar-refractivity contribution in [2.75, 3.05) is 0 Å². The lowest BCUT2D eigenvalue weighted by Gasteiger charge is -2.28. The second kappa shape index (κ2) is 5.61. The van der Waals surface area contributed by atoms with Crippen LogP contribution in [0.15, 0.2) is 18.2 Å². The van der Waals surface area contributed by atoms with E-state index >= 15 is 0 Å². The Morgan fingerprint density at radius 2 is 2.22 bits per heavy atom. The maximum absolute atomic E-state index is 13.4. The van der Waals surface area contributed by atoms with Crippen LogP contribution in [0.25, 0.3) is 0 Å². The van der Waals surface area contributed by atoms with Gasteiger partial charge in [-0.15, -0.1) is 0 Å². The third-order valence-electron chi connectivity index (χ3n) is 3.64. The highest BCUT2D eigenvalue weighted by molar-refractivity contribution is 5.96. The van der Waals surface area contributed by atoms with E-state index < -0.39 is 0 Å². The summed E-state index contributed by atoms with van der Waals surface area (Å²) in [5.41, 5.74) is 1.06. The number of piperidine rings is 1. The molecule has 0 saturated carbocycles. The fraction of sp³-hybridized carbons (Fsp3) is 0.533. The number of hydrogen-bond donors (Lipinski definition) is 1. The Morgan fingerprint density at radius 1 is 1.44 bits per heavy atom. The van der Waals surface area contributed by atoms with Gasteiger partial charge in [0.15, 0.2) is 5.78 Å². The first-order valence-electron chi connectivity index (χ1n) is 6.61. The number of rotatable bonds is 3. The molecule has 2 unspecified atom stereocenters. The largest absolute Gasteiger partial charge is 0.311 e. The molecule has 0 bridgehead atoms. The maximum Gasteiger partial charge on any atom is 0.164 e. The van der Waals surface area contributed by atoms with Gasteiger partial charge in [0.05, 0.1) is 0 Å². The SMILES string of the molecule is Cc1ccc(C(=O)CC2CCCC(C)N2)cc1F. The molecule has 3 heteroatoms. The molecule has 98 valence electrons. The molecule has 0 spiro atoms. The lowest BCUT2D eigenvalue weighted by atomic mass is 9.94. The molecule has 0 radical (unpaired) electrons. The Balaban J connectivity index is 2.00. The minimum absolute atomic E-state index is 0.0282. The zero-order valence-corrected chi connectivity index (χ0v) is 11.0. The van der Waals surface area contributed by atoms with Crippen LogP contribution in [0, 0.1) is 12.7 Å². The van der Waals surface area contributed by atoms with Crippen LogP contribution >= 0.6 is 0 Å². The average molecular weight is 249 g/mol. The van der Waals surface area contributed by atoms with Crippen molar-refractivity contribution < 1.29 is 9.18 Å². The van der Waals surface area contributed by atoms with E-state index in [4.69, 9.17) is 0 Å². The molecular weight excluding hydrogens is 229 g/mol. The topological polar surface area (TPSA) is 29.1 Å². The van der Waals surface area contributed by atoms with Gasteiger partial charge in [-0.3, -0.25) is 4.79 Å². The molecule has 0 aliphatic carbocycles. The van der Waals surface area contributed by atoms with Gasteiger partial charge in [-0.2, -0.15) is 0 Å². The highest BCUT2D eigenvalue weighted by Gasteiger charge is 2.21. The monoisotopic (exact) mass is 249 g/mol. The van der Waals surface area contributed by atoms with Gasteiger partial charge in [-0.05, 0) is 38.3 Å². The molecule has 1 fully saturated rings. The van der Waals surface area contributed by atoms with Crippen LogP contribution < -0.4 is 5.32 Å². The molecule has 1 aromatic rings. The van der Waals surface area contributed by atoms with E-state index in [2.05, 4.69) is 12.2 Å². The number of carbonyl (C=O) groups excluding carboxylic acids is 1. The molecular formula is C15H20FNO. The summed E-state index contributed by atoms with van der Waals surface area (Å²) in [7, 11) is 0. The van der Waals surface area contributed by atoms with Gasteiger partial charge in [-0.1, -0.05) is 18.6 Å². The van der Waals surface area contributed by atoms with Crippen molar-refractivity contribution in [2.45, 2.75) is 51.6 Å². The highest BCUT2D eigenvalue weighted by Crippen LogP contribution is 2.18. The Bertz CT molecular complexity index is 444. The molecule has 1 N–H and O–H groups in total. The van der Waals surface area contributed by atoms with Crippen LogP contribution in [-0.4, -0.2) is 17.9 Å². The van der Waals surface area contributed by atoms with Crippen LogP contribution in [0.1, 0.15) is 48.5 Å². The fourth-order valence-electron chi connectivity index (χ4n) is 2.51. The fourth-order valence-corrected chi connectivity index (χ4v) is 2.51. The number of hydrogen-bond acceptors (Lipinski definition) is 2. The summed E-state index contributed by atoms with van der Waals surface area (Å²) >= 11 is 0. The number of ketones is 1. The van der Waals surface area contributed by atoms with E-state index in [1.165, 1.54) is 12.5 Å². The van der Waals surface area contributed by atoms with Crippen molar-refractivity contribution in [2.24, 2.45) is 0 Å². The molecule has 2 nitrogen and oxygen atoms in total. The summed E-state index contributed by atoms with van der Waals surface area (Å²) < 4.78 is 13.4. The summed E-state index contributed by atoms with van der Waals surface area (Å²) in [6.07, 6.45) is 3.83. The lowest BCUT2D eigenvalue weighted by Crippen LogP contribution is -2.41. The number of Topliss-reactive ketones (excluding diaryl/α,β-unsaturated/α-hetero) is 1. The molecule has 1 aliphatic heterocycles. The second-order valence-corrected chi connectivity index (χ2v) is 5.29.